The van der Waals surface area contributed by atoms with Crippen molar-refractivity contribution in [1.82, 2.24) is 4.90 Å². The number of aliphatic hydroxyl groups is 1. The summed E-state index contributed by atoms with van der Waals surface area (Å²) < 4.78 is 5.67. The number of nitriles is 1. The first-order valence-corrected chi connectivity index (χ1v) is 7.73. The highest BCUT2D eigenvalue weighted by atomic mass is 16.5. The van der Waals surface area contributed by atoms with Gasteiger partial charge in [-0.25, -0.2) is 0 Å². The molecule has 1 N–H and O–H groups in total. The molecule has 0 bridgehead atoms. The van der Waals surface area contributed by atoms with E-state index < -0.39 is 0 Å². The van der Waals surface area contributed by atoms with Crippen molar-refractivity contribution in [2.45, 2.75) is 32.2 Å². The van der Waals surface area contributed by atoms with Gasteiger partial charge in [-0.3, -0.25) is 4.90 Å². The average molecular weight is 288 g/mol. The van der Waals surface area contributed by atoms with Crippen molar-refractivity contribution in [2.75, 3.05) is 26.3 Å². The maximum absolute atomic E-state index is 9.29. The maximum atomic E-state index is 9.29. The lowest BCUT2D eigenvalue weighted by Crippen LogP contribution is -2.36. The summed E-state index contributed by atoms with van der Waals surface area (Å²) in [5, 5.41) is 17.8. The third-order valence-electron chi connectivity index (χ3n) is 3.87. The number of piperidine rings is 1. The molecule has 1 heterocycles. The summed E-state index contributed by atoms with van der Waals surface area (Å²) in [5.74, 6) is 1.30. The number of aliphatic hydroxyl groups excluding tert-OH is 1. The van der Waals surface area contributed by atoms with Crippen LogP contribution in [0.25, 0.3) is 0 Å². The lowest BCUT2D eigenvalue weighted by atomic mass is 9.98. The van der Waals surface area contributed by atoms with E-state index in [0.717, 1.165) is 44.6 Å². The van der Waals surface area contributed by atoms with Gasteiger partial charge >= 0.3 is 0 Å². The Morgan fingerprint density at radius 2 is 2.33 bits per heavy atom. The fourth-order valence-corrected chi connectivity index (χ4v) is 2.78. The first kappa shape index (κ1) is 15.8. The second-order valence-corrected chi connectivity index (χ2v) is 5.68. The van der Waals surface area contributed by atoms with Gasteiger partial charge in [-0.2, -0.15) is 5.26 Å². The van der Waals surface area contributed by atoms with Crippen LogP contribution in [0.5, 0.6) is 5.75 Å². The molecule has 1 saturated heterocycles. The first-order chi connectivity index (χ1) is 10.3. The smallest absolute Gasteiger partial charge is 0.119 e. The Labute approximate surface area is 127 Å². The molecule has 114 valence electrons. The van der Waals surface area contributed by atoms with Crippen LogP contribution in [0.15, 0.2) is 24.3 Å². The Balaban J connectivity index is 1.84. The molecule has 1 aliphatic heterocycles. The van der Waals surface area contributed by atoms with Gasteiger partial charge < -0.3 is 9.84 Å². The van der Waals surface area contributed by atoms with Gasteiger partial charge in [0, 0.05) is 26.1 Å². The summed E-state index contributed by atoms with van der Waals surface area (Å²) in [6.45, 7) is 3.87. The zero-order valence-electron chi connectivity index (χ0n) is 12.5. The number of hydrogen-bond acceptors (Lipinski definition) is 4. The minimum Gasteiger partial charge on any atom is -0.494 e. The fourth-order valence-electron chi connectivity index (χ4n) is 2.78. The van der Waals surface area contributed by atoms with Gasteiger partial charge in [-0.15, -0.1) is 0 Å². The van der Waals surface area contributed by atoms with Crippen molar-refractivity contribution in [1.29, 1.82) is 5.26 Å². The topological polar surface area (TPSA) is 56.5 Å². The largest absolute Gasteiger partial charge is 0.494 e. The van der Waals surface area contributed by atoms with E-state index >= 15 is 0 Å². The van der Waals surface area contributed by atoms with Crippen LogP contribution in [0.3, 0.4) is 0 Å². The standard InChI is InChI=1S/C17H24N2O2/c18-8-1-2-10-21-17-7-3-5-15(11-17)12-19-9-4-6-16(13-19)14-20/h3,5,7,11,16,20H,1-2,4,6,9-10,12-14H2. The second-order valence-electron chi connectivity index (χ2n) is 5.68. The molecule has 1 aliphatic rings. The molecule has 1 atom stereocenters. The average Bonchev–Trinajstić information content (AvgIpc) is 2.52. The van der Waals surface area contributed by atoms with E-state index in [0.29, 0.717) is 25.6 Å². The zero-order chi connectivity index (χ0) is 14.9. The summed E-state index contributed by atoms with van der Waals surface area (Å²) >= 11 is 0. The highest BCUT2D eigenvalue weighted by Gasteiger charge is 2.19. The predicted octanol–water partition coefficient (Wildman–Crippen LogP) is 2.57. The number of nitrogens with zero attached hydrogens (tertiary/aromatic N) is 2. The number of hydrogen-bond donors (Lipinski definition) is 1. The Bertz CT molecular complexity index is 470. The molecule has 0 amide bonds. The maximum Gasteiger partial charge on any atom is 0.119 e. The van der Waals surface area contributed by atoms with Gasteiger partial charge in [0.15, 0.2) is 0 Å². The van der Waals surface area contributed by atoms with Crippen LogP contribution >= 0.6 is 0 Å². The first-order valence-electron chi connectivity index (χ1n) is 7.73. The van der Waals surface area contributed by atoms with E-state index in [-0.39, 0.29) is 0 Å². The molecule has 1 unspecified atom stereocenters. The molecule has 21 heavy (non-hydrogen) atoms. The Morgan fingerprint density at radius 1 is 1.43 bits per heavy atom. The van der Waals surface area contributed by atoms with E-state index in [4.69, 9.17) is 10.00 Å². The highest BCUT2D eigenvalue weighted by molar-refractivity contribution is 5.28. The van der Waals surface area contributed by atoms with Gasteiger partial charge in [0.2, 0.25) is 0 Å². The SMILES string of the molecule is N#CCCCOc1cccc(CN2CCCC(CO)C2)c1. The van der Waals surface area contributed by atoms with Gasteiger partial charge in [0.1, 0.15) is 5.75 Å². The third-order valence-corrected chi connectivity index (χ3v) is 3.87. The molecule has 4 heteroatoms. The van der Waals surface area contributed by atoms with Crippen molar-refractivity contribution in [3.05, 3.63) is 29.8 Å². The molecular weight excluding hydrogens is 264 g/mol. The van der Waals surface area contributed by atoms with Crippen molar-refractivity contribution in [2.24, 2.45) is 5.92 Å². The number of unbranched alkanes of at least 4 members (excludes halogenated alkanes) is 1. The van der Waals surface area contributed by atoms with E-state index in [9.17, 15) is 5.11 Å². The molecule has 0 saturated carbocycles. The van der Waals surface area contributed by atoms with Crippen LogP contribution in [-0.4, -0.2) is 36.3 Å². The highest BCUT2D eigenvalue weighted by Crippen LogP contribution is 2.20. The lowest BCUT2D eigenvalue weighted by Gasteiger charge is -2.31. The molecule has 0 radical (unpaired) electrons. The number of ether oxygens (including phenoxy) is 1. The number of rotatable bonds is 7. The minimum atomic E-state index is 0.290. The second kappa shape index (κ2) is 8.66. The molecule has 4 nitrogen and oxygen atoms in total. The molecule has 0 aromatic heterocycles. The summed E-state index contributed by atoms with van der Waals surface area (Å²) in [6, 6.07) is 10.3. The van der Waals surface area contributed by atoms with Crippen molar-refractivity contribution < 1.29 is 9.84 Å². The molecule has 0 aliphatic carbocycles. The Morgan fingerprint density at radius 3 is 3.14 bits per heavy atom. The normalized spacial score (nSPS) is 19.1. The van der Waals surface area contributed by atoms with Gasteiger partial charge in [-0.05, 0) is 49.4 Å². The van der Waals surface area contributed by atoms with Gasteiger partial charge in [0.25, 0.3) is 0 Å². The van der Waals surface area contributed by atoms with E-state index in [2.05, 4.69) is 23.1 Å². The molecule has 0 spiro atoms. The van der Waals surface area contributed by atoms with Crippen molar-refractivity contribution >= 4 is 0 Å². The van der Waals surface area contributed by atoms with E-state index in [1.165, 1.54) is 5.56 Å². The van der Waals surface area contributed by atoms with Crippen molar-refractivity contribution in [3.63, 3.8) is 0 Å². The zero-order valence-corrected chi connectivity index (χ0v) is 12.5. The summed E-state index contributed by atoms with van der Waals surface area (Å²) in [5.41, 5.74) is 1.24. The van der Waals surface area contributed by atoms with Crippen molar-refractivity contribution in [3.8, 4) is 11.8 Å². The van der Waals surface area contributed by atoms with Gasteiger partial charge in [0.05, 0.1) is 12.7 Å². The molecule has 1 fully saturated rings. The van der Waals surface area contributed by atoms with Gasteiger partial charge in [-0.1, -0.05) is 12.1 Å². The Hall–Kier alpha value is -1.57. The minimum absolute atomic E-state index is 0.290. The molecule has 1 aromatic rings. The fraction of sp³-hybridized carbons (Fsp3) is 0.588. The molecule has 2 rings (SSSR count). The lowest BCUT2D eigenvalue weighted by molar-refractivity contribution is 0.116. The third kappa shape index (κ3) is 5.37. The summed E-state index contributed by atoms with van der Waals surface area (Å²) in [7, 11) is 0. The number of likely N-dealkylation sites (tertiary alicyclic amines) is 1. The van der Waals surface area contributed by atoms with Crippen LogP contribution in [-0.2, 0) is 6.54 Å². The molecular formula is C17H24N2O2. The summed E-state index contributed by atoms with van der Waals surface area (Å²) in [4.78, 5) is 2.40. The van der Waals surface area contributed by atoms with Crippen LogP contribution in [0, 0.1) is 17.2 Å². The van der Waals surface area contributed by atoms with E-state index in [1.54, 1.807) is 0 Å². The monoisotopic (exact) mass is 288 g/mol. The van der Waals surface area contributed by atoms with Crippen LogP contribution in [0.2, 0.25) is 0 Å². The quantitative estimate of drug-likeness (QED) is 0.783. The van der Waals surface area contributed by atoms with Crippen LogP contribution < -0.4 is 4.74 Å². The van der Waals surface area contributed by atoms with Crippen LogP contribution in [0.1, 0.15) is 31.2 Å². The van der Waals surface area contributed by atoms with E-state index in [1.807, 2.05) is 12.1 Å². The summed E-state index contributed by atoms with van der Waals surface area (Å²) in [6.07, 6.45) is 3.60. The number of benzene rings is 1. The van der Waals surface area contributed by atoms with Crippen LogP contribution in [0.4, 0.5) is 0 Å². The molecule has 1 aromatic carbocycles. The predicted molar refractivity (Wildman–Crippen MR) is 81.9 cm³/mol. The Kier molecular flexibility index (Phi) is 6.52.